The number of amides is 1. The van der Waals surface area contributed by atoms with Crippen LogP contribution in [0.1, 0.15) is 24.0 Å². The molecule has 4 heteroatoms. The molecule has 1 saturated heterocycles. The fourth-order valence-electron chi connectivity index (χ4n) is 3.05. The lowest BCUT2D eigenvalue weighted by Crippen LogP contribution is -2.40. The van der Waals surface area contributed by atoms with Crippen LogP contribution in [-0.4, -0.2) is 19.0 Å². The predicted molar refractivity (Wildman–Crippen MR) is 101 cm³/mol. The molecule has 1 heterocycles. The van der Waals surface area contributed by atoms with Gasteiger partial charge < -0.3 is 10.6 Å². The molecular weight excluding hydrogens is 320 g/mol. The van der Waals surface area contributed by atoms with Crippen LogP contribution < -0.4 is 10.6 Å². The molecule has 2 N–H and O–H groups in total. The first-order valence-corrected chi connectivity index (χ1v) is 8.37. The lowest BCUT2D eigenvalue weighted by molar-refractivity contribution is -0.125. The first-order chi connectivity index (χ1) is 11.2. The maximum Gasteiger partial charge on any atom is 0.224 e. The Labute approximate surface area is 150 Å². The molecule has 1 aliphatic rings. The number of piperidine rings is 1. The van der Waals surface area contributed by atoms with Gasteiger partial charge in [0.2, 0.25) is 5.91 Å². The van der Waals surface area contributed by atoms with E-state index in [1.54, 1.807) is 0 Å². The van der Waals surface area contributed by atoms with E-state index in [4.69, 9.17) is 0 Å². The molecule has 0 radical (unpaired) electrons. The zero-order chi connectivity index (χ0) is 16.1. The second kappa shape index (κ2) is 8.86. The highest BCUT2D eigenvalue weighted by atomic mass is 35.5. The molecular formula is C20H25ClN2O. The zero-order valence-corrected chi connectivity index (χ0v) is 14.9. The first-order valence-electron chi connectivity index (χ1n) is 8.37. The van der Waals surface area contributed by atoms with Crippen molar-refractivity contribution in [1.29, 1.82) is 0 Å². The Balaban J connectivity index is 0.00000208. The van der Waals surface area contributed by atoms with Crippen molar-refractivity contribution in [2.24, 2.45) is 5.92 Å². The molecule has 1 atom stereocenters. The Kier molecular flexibility index (Phi) is 6.83. The molecule has 2 aromatic rings. The quantitative estimate of drug-likeness (QED) is 0.888. The van der Waals surface area contributed by atoms with Gasteiger partial charge in [-0.05, 0) is 43.0 Å². The van der Waals surface area contributed by atoms with Gasteiger partial charge in [-0.15, -0.1) is 12.4 Å². The number of nitrogens with one attached hydrogen (secondary N) is 2. The number of halogens is 1. The van der Waals surface area contributed by atoms with Gasteiger partial charge in [-0.1, -0.05) is 54.1 Å². The first kappa shape index (κ1) is 18.5. The third kappa shape index (κ3) is 4.83. The van der Waals surface area contributed by atoms with E-state index < -0.39 is 0 Å². The van der Waals surface area contributed by atoms with Gasteiger partial charge in [0, 0.05) is 13.1 Å². The largest absolute Gasteiger partial charge is 0.352 e. The van der Waals surface area contributed by atoms with E-state index in [9.17, 15) is 4.79 Å². The predicted octanol–water partition coefficient (Wildman–Crippen LogP) is 3.70. The van der Waals surface area contributed by atoms with Crippen LogP contribution in [0.5, 0.6) is 0 Å². The van der Waals surface area contributed by atoms with Gasteiger partial charge in [-0.25, -0.2) is 0 Å². The summed E-state index contributed by atoms with van der Waals surface area (Å²) in [7, 11) is 0. The number of benzene rings is 2. The number of aryl methyl sites for hydroxylation is 1. The summed E-state index contributed by atoms with van der Waals surface area (Å²) in [6.07, 6.45) is 2.08. The van der Waals surface area contributed by atoms with Gasteiger partial charge in [0.25, 0.3) is 0 Å². The molecule has 128 valence electrons. The molecule has 1 aliphatic heterocycles. The van der Waals surface area contributed by atoms with Crippen LogP contribution in [0.3, 0.4) is 0 Å². The van der Waals surface area contributed by atoms with Crippen LogP contribution >= 0.6 is 12.4 Å². The van der Waals surface area contributed by atoms with Gasteiger partial charge in [0.05, 0.1) is 5.92 Å². The molecule has 0 aliphatic carbocycles. The van der Waals surface area contributed by atoms with Crippen LogP contribution in [0, 0.1) is 12.8 Å². The molecule has 24 heavy (non-hydrogen) atoms. The van der Waals surface area contributed by atoms with E-state index >= 15 is 0 Å². The molecule has 1 fully saturated rings. The highest BCUT2D eigenvalue weighted by Gasteiger charge is 2.20. The van der Waals surface area contributed by atoms with E-state index in [2.05, 4.69) is 66.1 Å². The smallest absolute Gasteiger partial charge is 0.224 e. The highest BCUT2D eigenvalue weighted by Crippen LogP contribution is 2.21. The molecule has 0 saturated carbocycles. The van der Waals surface area contributed by atoms with Crippen molar-refractivity contribution >= 4 is 18.3 Å². The second-order valence-corrected chi connectivity index (χ2v) is 6.33. The summed E-state index contributed by atoms with van der Waals surface area (Å²) in [5.74, 6) is 0.287. The Morgan fingerprint density at radius 3 is 2.62 bits per heavy atom. The highest BCUT2D eigenvalue weighted by molar-refractivity contribution is 5.85. The van der Waals surface area contributed by atoms with Gasteiger partial charge in [0.1, 0.15) is 0 Å². The third-order valence-corrected chi connectivity index (χ3v) is 4.44. The molecule has 1 unspecified atom stereocenters. The van der Waals surface area contributed by atoms with Gasteiger partial charge >= 0.3 is 0 Å². The number of hydrogen-bond acceptors (Lipinski definition) is 2. The van der Waals surface area contributed by atoms with Gasteiger partial charge in [-0.2, -0.15) is 0 Å². The van der Waals surface area contributed by atoms with Crippen molar-refractivity contribution in [3.05, 3.63) is 59.7 Å². The molecule has 0 aromatic heterocycles. The molecule has 0 spiro atoms. The van der Waals surface area contributed by atoms with Crippen molar-refractivity contribution in [3.63, 3.8) is 0 Å². The second-order valence-electron chi connectivity index (χ2n) is 6.33. The normalized spacial score (nSPS) is 17.0. The molecule has 1 amide bonds. The number of carbonyl (C=O) groups is 1. The molecule has 3 rings (SSSR count). The van der Waals surface area contributed by atoms with Gasteiger partial charge in [-0.3, -0.25) is 4.79 Å². The summed E-state index contributed by atoms with van der Waals surface area (Å²) in [5.41, 5.74) is 4.84. The fraction of sp³-hybridized carbons (Fsp3) is 0.350. The SMILES string of the molecule is Cc1cccc(-c2ccc(CNC(=O)C3CCCNC3)cc2)c1.Cl. The van der Waals surface area contributed by atoms with E-state index in [0.717, 1.165) is 31.5 Å². The van der Waals surface area contributed by atoms with Crippen molar-refractivity contribution in [3.8, 4) is 11.1 Å². The average molecular weight is 345 g/mol. The average Bonchev–Trinajstić information content (AvgIpc) is 2.61. The maximum absolute atomic E-state index is 12.1. The summed E-state index contributed by atoms with van der Waals surface area (Å²) in [4.78, 5) is 12.1. The summed E-state index contributed by atoms with van der Waals surface area (Å²) >= 11 is 0. The van der Waals surface area contributed by atoms with Crippen molar-refractivity contribution < 1.29 is 4.79 Å². The monoisotopic (exact) mass is 344 g/mol. The minimum absolute atomic E-state index is 0. The topological polar surface area (TPSA) is 41.1 Å². The van der Waals surface area contributed by atoms with Crippen LogP contribution in [-0.2, 0) is 11.3 Å². The minimum Gasteiger partial charge on any atom is -0.352 e. The standard InChI is InChI=1S/C20H24N2O.ClH/c1-15-4-2-5-18(12-15)17-9-7-16(8-10-17)13-22-20(23)19-6-3-11-21-14-19;/h2,4-5,7-10,12,19,21H,3,6,11,13-14H2,1H3,(H,22,23);1H. The molecule has 0 bridgehead atoms. The number of rotatable bonds is 4. The minimum atomic E-state index is 0. The third-order valence-electron chi connectivity index (χ3n) is 4.44. The van der Waals surface area contributed by atoms with Crippen molar-refractivity contribution in [2.45, 2.75) is 26.3 Å². The lowest BCUT2D eigenvalue weighted by atomic mass is 9.98. The van der Waals surface area contributed by atoms with E-state index in [1.165, 1.54) is 16.7 Å². The van der Waals surface area contributed by atoms with Crippen LogP contribution in [0.4, 0.5) is 0 Å². The lowest BCUT2D eigenvalue weighted by Gasteiger charge is -2.21. The van der Waals surface area contributed by atoms with Crippen LogP contribution in [0.2, 0.25) is 0 Å². The Morgan fingerprint density at radius 2 is 1.96 bits per heavy atom. The van der Waals surface area contributed by atoms with Crippen LogP contribution in [0.25, 0.3) is 11.1 Å². The van der Waals surface area contributed by atoms with Gasteiger partial charge in [0.15, 0.2) is 0 Å². The summed E-state index contributed by atoms with van der Waals surface area (Å²) in [6.45, 7) is 4.54. The maximum atomic E-state index is 12.1. The Morgan fingerprint density at radius 1 is 1.17 bits per heavy atom. The van der Waals surface area contributed by atoms with E-state index in [1.807, 2.05) is 0 Å². The number of carbonyl (C=O) groups excluding carboxylic acids is 1. The fourth-order valence-corrected chi connectivity index (χ4v) is 3.05. The van der Waals surface area contributed by atoms with E-state index in [-0.39, 0.29) is 24.2 Å². The number of hydrogen-bond donors (Lipinski definition) is 2. The summed E-state index contributed by atoms with van der Waals surface area (Å²) in [5, 5.41) is 6.34. The van der Waals surface area contributed by atoms with E-state index in [0.29, 0.717) is 6.54 Å². The van der Waals surface area contributed by atoms with Crippen LogP contribution in [0.15, 0.2) is 48.5 Å². The summed E-state index contributed by atoms with van der Waals surface area (Å²) in [6, 6.07) is 16.9. The van der Waals surface area contributed by atoms with Crippen molar-refractivity contribution in [2.75, 3.05) is 13.1 Å². The summed E-state index contributed by atoms with van der Waals surface area (Å²) < 4.78 is 0. The zero-order valence-electron chi connectivity index (χ0n) is 14.0. The Hall–Kier alpha value is -1.84. The molecule has 3 nitrogen and oxygen atoms in total. The Bertz CT molecular complexity index is 664. The van der Waals surface area contributed by atoms with Crippen molar-refractivity contribution in [1.82, 2.24) is 10.6 Å². The molecule has 2 aromatic carbocycles.